The summed E-state index contributed by atoms with van der Waals surface area (Å²) >= 11 is 0. The second-order valence-corrected chi connectivity index (χ2v) is 5.87. The van der Waals surface area contributed by atoms with Crippen molar-refractivity contribution < 1.29 is 0 Å². The van der Waals surface area contributed by atoms with Crippen LogP contribution in [0.4, 0.5) is 0 Å². The number of rotatable bonds is 1. The van der Waals surface area contributed by atoms with Gasteiger partial charge < -0.3 is 0 Å². The van der Waals surface area contributed by atoms with Crippen LogP contribution in [0.1, 0.15) is 42.0 Å². The highest BCUT2D eigenvalue weighted by molar-refractivity contribution is 5.29. The highest BCUT2D eigenvalue weighted by atomic mass is 16.2. The van der Waals surface area contributed by atoms with Gasteiger partial charge in [-0.25, -0.2) is 0 Å². The van der Waals surface area contributed by atoms with Crippen molar-refractivity contribution in [2.75, 3.05) is 0 Å². The second kappa shape index (κ2) is 9.50. The molecule has 4 nitrogen and oxygen atoms in total. The minimum atomic E-state index is -0.317. The summed E-state index contributed by atoms with van der Waals surface area (Å²) in [5.74, 6) is 0.619. The topological polar surface area (TPSA) is 59.9 Å². The Labute approximate surface area is 142 Å². The largest absolute Gasteiger partial charge is 0.285 e. The Morgan fingerprint density at radius 3 is 1.29 bits per heavy atom. The summed E-state index contributed by atoms with van der Waals surface area (Å²) in [5.41, 5.74) is 3.22. The second-order valence-electron chi connectivity index (χ2n) is 5.87. The molecule has 3 aromatic rings. The van der Waals surface area contributed by atoms with Crippen LogP contribution >= 0.6 is 0 Å². The van der Waals surface area contributed by atoms with E-state index in [2.05, 4.69) is 23.8 Å². The number of hydrogen-bond acceptors (Lipinski definition) is 4. The van der Waals surface area contributed by atoms with Gasteiger partial charge in [-0.3, -0.25) is 19.6 Å². The molecule has 0 radical (unpaired) electrons. The van der Waals surface area contributed by atoms with Crippen molar-refractivity contribution in [3.8, 4) is 0 Å². The standard InChI is InChI=1S/C8H11N.C6H7N.C6H6O2/c1-7(2)8-3-5-9-6-4-8;1-6-2-4-7-5-3-6;1-3-4(2)6(8)5(3)7/h3-7H,1-2H3;2-5H,1H3;1-2H3. The van der Waals surface area contributed by atoms with Crippen LogP contribution in [0.3, 0.4) is 0 Å². The van der Waals surface area contributed by atoms with Crippen LogP contribution in [-0.2, 0) is 0 Å². The van der Waals surface area contributed by atoms with E-state index in [4.69, 9.17) is 0 Å². The van der Waals surface area contributed by atoms with Crippen LogP contribution in [0.25, 0.3) is 0 Å². The smallest absolute Gasteiger partial charge is 0.229 e. The Morgan fingerprint density at radius 1 is 0.708 bits per heavy atom. The molecule has 2 aromatic heterocycles. The average Bonchev–Trinajstić information content (AvgIpc) is 2.62. The van der Waals surface area contributed by atoms with Crippen molar-refractivity contribution in [1.29, 1.82) is 0 Å². The minimum Gasteiger partial charge on any atom is -0.285 e. The van der Waals surface area contributed by atoms with Gasteiger partial charge in [-0.15, -0.1) is 0 Å². The molecule has 4 heteroatoms. The van der Waals surface area contributed by atoms with Gasteiger partial charge in [0.15, 0.2) is 0 Å². The van der Waals surface area contributed by atoms with Crippen molar-refractivity contribution in [3.05, 3.63) is 91.8 Å². The molecule has 0 unspecified atom stereocenters. The zero-order chi connectivity index (χ0) is 18.1. The molecule has 0 aliphatic carbocycles. The first-order chi connectivity index (χ1) is 11.3. The summed E-state index contributed by atoms with van der Waals surface area (Å²) in [7, 11) is 0. The van der Waals surface area contributed by atoms with E-state index in [9.17, 15) is 9.59 Å². The fourth-order valence-corrected chi connectivity index (χ4v) is 1.79. The quantitative estimate of drug-likeness (QED) is 0.643. The van der Waals surface area contributed by atoms with Crippen molar-refractivity contribution in [2.24, 2.45) is 0 Å². The maximum absolute atomic E-state index is 10.4. The monoisotopic (exact) mass is 324 g/mol. The Kier molecular flexibility index (Phi) is 7.69. The third-order valence-corrected chi connectivity index (χ3v) is 3.67. The fraction of sp³-hybridized carbons (Fsp3) is 0.300. The van der Waals surface area contributed by atoms with Gasteiger partial charge >= 0.3 is 0 Å². The van der Waals surface area contributed by atoms with Gasteiger partial charge in [0.25, 0.3) is 0 Å². The lowest BCUT2D eigenvalue weighted by atomic mass is 10.1. The lowest BCUT2D eigenvalue weighted by Gasteiger charge is -2.01. The Bertz CT molecular complexity index is 773. The molecule has 2 heterocycles. The summed E-state index contributed by atoms with van der Waals surface area (Å²) < 4.78 is 0. The molecular formula is C20H24N2O2. The first kappa shape index (κ1) is 19.4. The van der Waals surface area contributed by atoms with Crippen molar-refractivity contribution in [2.45, 2.75) is 40.5 Å². The molecule has 0 aliphatic rings. The summed E-state index contributed by atoms with van der Waals surface area (Å²) in [6.07, 6.45) is 7.23. The molecule has 0 spiro atoms. The summed E-state index contributed by atoms with van der Waals surface area (Å²) in [4.78, 5) is 28.5. The predicted octanol–water partition coefficient (Wildman–Crippen LogP) is 3.49. The zero-order valence-corrected chi connectivity index (χ0v) is 14.9. The third kappa shape index (κ3) is 5.88. The summed E-state index contributed by atoms with van der Waals surface area (Å²) in [6.45, 7) is 9.73. The summed E-state index contributed by atoms with van der Waals surface area (Å²) in [6, 6.07) is 8.04. The van der Waals surface area contributed by atoms with Gasteiger partial charge in [-0.2, -0.15) is 0 Å². The Hall–Kier alpha value is -2.62. The molecule has 3 rings (SSSR count). The molecule has 24 heavy (non-hydrogen) atoms. The normalized spacial score (nSPS) is 9.75. The maximum Gasteiger partial charge on any atom is 0.229 e. The van der Waals surface area contributed by atoms with Gasteiger partial charge in [-0.05, 0) is 62.1 Å². The van der Waals surface area contributed by atoms with Crippen molar-refractivity contribution in [1.82, 2.24) is 9.97 Å². The van der Waals surface area contributed by atoms with Crippen LogP contribution < -0.4 is 10.9 Å². The van der Waals surface area contributed by atoms with Crippen molar-refractivity contribution >= 4 is 0 Å². The number of aryl methyl sites for hydroxylation is 1. The van der Waals surface area contributed by atoms with Gasteiger partial charge in [0.05, 0.1) is 0 Å². The predicted molar refractivity (Wildman–Crippen MR) is 98.1 cm³/mol. The summed E-state index contributed by atoms with van der Waals surface area (Å²) in [5, 5.41) is 0. The molecule has 0 bridgehead atoms. The number of hydrogen-bond donors (Lipinski definition) is 0. The molecule has 1 aromatic carbocycles. The molecule has 0 N–H and O–H groups in total. The Morgan fingerprint density at radius 2 is 1.08 bits per heavy atom. The highest BCUT2D eigenvalue weighted by Crippen LogP contribution is 2.10. The van der Waals surface area contributed by atoms with Gasteiger partial charge in [0, 0.05) is 35.9 Å². The van der Waals surface area contributed by atoms with Crippen LogP contribution in [0, 0.1) is 20.8 Å². The highest BCUT2D eigenvalue weighted by Gasteiger charge is 2.10. The molecule has 0 saturated heterocycles. The van der Waals surface area contributed by atoms with Gasteiger partial charge in [-0.1, -0.05) is 13.8 Å². The maximum atomic E-state index is 10.4. The van der Waals surface area contributed by atoms with E-state index >= 15 is 0 Å². The number of pyridine rings is 2. The molecule has 0 aliphatic heterocycles. The van der Waals surface area contributed by atoms with E-state index < -0.39 is 0 Å². The van der Waals surface area contributed by atoms with E-state index in [1.165, 1.54) is 11.1 Å². The van der Waals surface area contributed by atoms with E-state index in [0.717, 1.165) is 0 Å². The van der Waals surface area contributed by atoms with Crippen LogP contribution in [0.15, 0.2) is 58.6 Å². The first-order valence-corrected chi connectivity index (χ1v) is 7.87. The lowest BCUT2D eigenvalue weighted by Crippen LogP contribution is -2.36. The Balaban J connectivity index is 0.000000181. The van der Waals surface area contributed by atoms with E-state index in [0.29, 0.717) is 17.0 Å². The molecular weight excluding hydrogens is 300 g/mol. The average molecular weight is 324 g/mol. The third-order valence-electron chi connectivity index (χ3n) is 3.67. The van der Waals surface area contributed by atoms with Gasteiger partial charge in [0.1, 0.15) is 0 Å². The van der Waals surface area contributed by atoms with Crippen molar-refractivity contribution in [3.63, 3.8) is 0 Å². The van der Waals surface area contributed by atoms with Crippen LogP contribution in [0.2, 0.25) is 0 Å². The molecule has 0 atom stereocenters. The molecule has 0 saturated carbocycles. The zero-order valence-electron chi connectivity index (χ0n) is 14.9. The SMILES string of the molecule is CC(C)c1ccncc1.Cc1c(C)c(=O)c1=O.Cc1ccncc1. The van der Waals surface area contributed by atoms with Crippen LogP contribution in [-0.4, -0.2) is 9.97 Å². The number of nitrogens with zero attached hydrogens (tertiary/aromatic N) is 2. The van der Waals surface area contributed by atoms with E-state index in [1.807, 2.05) is 43.6 Å². The van der Waals surface area contributed by atoms with Gasteiger partial charge in [0.2, 0.25) is 10.9 Å². The first-order valence-electron chi connectivity index (χ1n) is 7.87. The lowest BCUT2D eigenvalue weighted by molar-refractivity contribution is 0.863. The fourth-order valence-electron chi connectivity index (χ4n) is 1.79. The number of aromatic nitrogens is 2. The molecule has 0 fully saturated rings. The minimum absolute atomic E-state index is 0.317. The van der Waals surface area contributed by atoms with E-state index in [-0.39, 0.29) is 10.9 Å². The molecule has 126 valence electrons. The molecule has 0 amide bonds. The van der Waals surface area contributed by atoms with Crippen LogP contribution in [0.5, 0.6) is 0 Å². The van der Waals surface area contributed by atoms with E-state index in [1.54, 1.807) is 26.2 Å².